The second-order valence-electron chi connectivity index (χ2n) is 7.08. The molecule has 2 aromatic rings. The molecule has 1 atom stereocenters. The zero-order valence-electron chi connectivity index (χ0n) is 15.3. The van der Waals surface area contributed by atoms with Crippen molar-refractivity contribution in [2.24, 2.45) is 0 Å². The molecule has 152 valence electrons. The lowest BCUT2D eigenvalue weighted by molar-refractivity contribution is -0.138. The molecule has 3 nitrogen and oxygen atoms in total. The van der Waals surface area contributed by atoms with Gasteiger partial charge in [0, 0.05) is 24.7 Å². The van der Waals surface area contributed by atoms with Crippen LogP contribution in [-0.4, -0.2) is 35.3 Å². The maximum Gasteiger partial charge on any atom is 0.416 e. The van der Waals surface area contributed by atoms with E-state index < -0.39 is 17.8 Å². The van der Waals surface area contributed by atoms with E-state index in [1.165, 1.54) is 18.2 Å². The van der Waals surface area contributed by atoms with Gasteiger partial charge in [0.1, 0.15) is 5.82 Å². The predicted molar refractivity (Wildman–Crippen MR) is 96.9 cm³/mol. The first kappa shape index (κ1) is 20.8. The molecule has 0 saturated heterocycles. The number of aliphatic hydroxyl groups is 1. The fraction of sp³-hybridized carbons (Fsp3) is 0.429. The normalized spacial score (nSPS) is 15.8. The zero-order valence-corrected chi connectivity index (χ0v) is 15.3. The number of hydrogen-bond donors (Lipinski definition) is 1. The fourth-order valence-corrected chi connectivity index (χ4v) is 3.18. The van der Waals surface area contributed by atoms with Crippen LogP contribution >= 0.6 is 0 Å². The molecule has 2 aromatic carbocycles. The molecule has 3 rings (SSSR count). The van der Waals surface area contributed by atoms with E-state index in [0.717, 1.165) is 18.9 Å². The highest BCUT2D eigenvalue weighted by atomic mass is 19.4. The van der Waals surface area contributed by atoms with Gasteiger partial charge in [-0.2, -0.15) is 13.2 Å². The number of hydrogen-bond acceptors (Lipinski definition) is 3. The highest BCUT2D eigenvalue weighted by Crippen LogP contribution is 2.34. The van der Waals surface area contributed by atoms with Crippen LogP contribution in [0.25, 0.3) is 0 Å². The van der Waals surface area contributed by atoms with Crippen molar-refractivity contribution in [2.45, 2.75) is 44.3 Å². The van der Waals surface area contributed by atoms with Gasteiger partial charge in [0.05, 0.1) is 24.9 Å². The lowest BCUT2D eigenvalue weighted by Gasteiger charge is -2.26. The van der Waals surface area contributed by atoms with Gasteiger partial charge in [0.25, 0.3) is 0 Å². The third-order valence-electron chi connectivity index (χ3n) is 4.73. The van der Waals surface area contributed by atoms with Gasteiger partial charge in [-0.05, 0) is 30.5 Å². The van der Waals surface area contributed by atoms with Crippen LogP contribution in [0.3, 0.4) is 0 Å². The number of rotatable bonds is 9. The van der Waals surface area contributed by atoms with E-state index in [0.29, 0.717) is 5.56 Å². The van der Waals surface area contributed by atoms with Gasteiger partial charge >= 0.3 is 6.18 Å². The van der Waals surface area contributed by atoms with Crippen molar-refractivity contribution in [3.8, 4) is 0 Å². The second kappa shape index (κ2) is 9.03. The Labute approximate surface area is 161 Å². The summed E-state index contributed by atoms with van der Waals surface area (Å²) in [6, 6.07) is 11.9. The molecule has 1 saturated carbocycles. The minimum atomic E-state index is -4.41. The van der Waals surface area contributed by atoms with Gasteiger partial charge in [-0.15, -0.1) is 0 Å². The van der Waals surface area contributed by atoms with E-state index >= 15 is 0 Å². The first-order valence-electron chi connectivity index (χ1n) is 9.23. The number of aliphatic hydroxyl groups excluding tert-OH is 1. The summed E-state index contributed by atoms with van der Waals surface area (Å²) in [5, 5.41) is 10.3. The van der Waals surface area contributed by atoms with Crippen molar-refractivity contribution in [2.75, 3.05) is 13.2 Å². The molecule has 0 spiro atoms. The van der Waals surface area contributed by atoms with E-state index in [9.17, 15) is 22.7 Å². The zero-order chi connectivity index (χ0) is 20.1. The van der Waals surface area contributed by atoms with Gasteiger partial charge in [0.2, 0.25) is 0 Å². The Balaban J connectivity index is 1.56. The van der Waals surface area contributed by atoms with Crippen LogP contribution in [0.1, 0.15) is 29.5 Å². The first-order valence-corrected chi connectivity index (χ1v) is 9.23. The molecule has 0 amide bonds. The molecular weight excluding hydrogens is 374 g/mol. The molecule has 0 bridgehead atoms. The van der Waals surface area contributed by atoms with Crippen LogP contribution in [0.4, 0.5) is 17.6 Å². The molecule has 1 unspecified atom stereocenters. The Hall–Kier alpha value is -1.96. The van der Waals surface area contributed by atoms with Crippen molar-refractivity contribution in [3.05, 3.63) is 71.0 Å². The SMILES string of the molecule is OC(COCc1ccccc1F)CN(Cc1ccccc1C(F)(F)F)C1CC1. The first-order chi connectivity index (χ1) is 13.3. The smallest absolute Gasteiger partial charge is 0.389 e. The van der Waals surface area contributed by atoms with Crippen molar-refractivity contribution < 1.29 is 27.4 Å². The summed E-state index contributed by atoms with van der Waals surface area (Å²) in [7, 11) is 0. The van der Waals surface area contributed by atoms with Crippen molar-refractivity contribution in [3.63, 3.8) is 0 Å². The number of nitrogens with zero attached hydrogens (tertiary/aromatic N) is 1. The minimum absolute atomic E-state index is 0.0154. The maximum atomic E-state index is 13.6. The quantitative estimate of drug-likeness (QED) is 0.637. The average molecular weight is 397 g/mol. The number of alkyl halides is 3. The molecule has 0 radical (unpaired) electrons. The molecule has 1 aliphatic carbocycles. The molecule has 1 N–H and O–H groups in total. The van der Waals surface area contributed by atoms with Gasteiger partial charge < -0.3 is 9.84 Å². The Morgan fingerprint density at radius 3 is 2.32 bits per heavy atom. The number of ether oxygens (including phenoxy) is 1. The third kappa shape index (κ3) is 5.77. The van der Waals surface area contributed by atoms with Gasteiger partial charge in [-0.3, -0.25) is 4.90 Å². The van der Waals surface area contributed by atoms with Crippen LogP contribution in [0.15, 0.2) is 48.5 Å². The Bertz CT molecular complexity index is 777. The van der Waals surface area contributed by atoms with Crippen LogP contribution in [-0.2, 0) is 24.1 Å². The van der Waals surface area contributed by atoms with E-state index in [2.05, 4.69) is 0 Å². The number of halogens is 4. The molecule has 1 aliphatic rings. The maximum absolute atomic E-state index is 13.6. The molecular formula is C21H23F4NO2. The van der Waals surface area contributed by atoms with E-state index in [-0.39, 0.29) is 43.7 Å². The van der Waals surface area contributed by atoms with Gasteiger partial charge in [-0.1, -0.05) is 36.4 Å². The largest absolute Gasteiger partial charge is 0.416 e. The Morgan fingerprint density at radius 1 is 1.04 bits per heavy atom. The summed E-state index contributed by atoms with van der Waals surface area (Å²) in [5.74, 6) is -0.375. The highest BCUT2D eigenvalue weighted by molar-refractivity contribution is 5.29. The summed E-state index contributed by atoms with van der Waals surface area (Å²) in [6.45, 7) is 0.335. The summed E-state index contributed by atoms with van der Waals surface area (Å²) in [5.41, 5.74) is -0.0554. The summed E-state index contributed by atoms with van der Waals surface area (Å²) < 4.78 is 58.6. The van der Waals surface area contributed by atoms with Crippen molar-refractivity contribution >= 4 is 0 Å². The summed E-state index contributed by atoms with van der Waals surface area (Å²) >= 11 is 0. The van der Waals surface area contributed by atoms with Crippen LogP contribution in [0, 0.1) is 5.82 Å². The minimum Gasteiger partial charge on any atom is -0.389 e. The molecule has 1 fully saturated rings. The number of benzene rings is 2. The fourth-order valence-electron chi connectivity index (χ4n) is 3.18. The van der Waals surface area contributed by atoms with Gasteiger partial charge in [0.15, 0.2) is 0 Å². The van der Waals surface area contributed by atoms with E-state index in [1.807, 2.05) is 4.90 Å². The third-order valence-corrected chi connectivity index (χ3v) is 4.73. The molecule has 0 aliphatic heterocycles. The molecule has 0 aromatic heterocycles. The van der Waals surface area contributed by atoms with Crippen molar-refractivity contribution in [1.82, 2.24) is 4.90 Å². The van der Waals surface area contributed by atoms with E-state index in [1.54, 1.807) is 24.3 Å². The standard InChI is InChI=1S/C21H23F4NO2/c22-20-8-4-2-6-16(20)13-28-14-18(27)12-26(17-9-10-17)11-15-5-1-3-7-19(15)21(23,24)25/h1-8,17-18,27H,9-14H2. The summed E-state index contributed by atoms with van der Waals surface area (Å²) in [6.07, 6.45) is -3.48. The lowest BCUT2D eigenvalue weighted by atomic mass is 10.1. The van der Waals surface area contributed by atoms with E-state index in [4.69, 9.17) is 4.74 Å². The highest BCUT2D eigenvalue weighted by Gasteiger charge is 2.35. The van der Waals surface area contributed by atoms with Crippen LogP contribution < -0.4 is 0 Å². The second-order valence-corrected chi connectivity index (χ2v) is 7.08. The summed E-state index contributed by atoms with van der Waals surface area (Å²) in [4.78, 5) is 1.86. The molecule has 0 heterocycles. The average Bonchev–Trinajstić information content (AvgIpc) is 3.47. The topological polar surface area (TPSA) is 32.7 Å². The molecule has 28 heavy (non-hydrogen) atoms. The molecule has 7 heteroatoms. The lowest BCUT2D eigenvalue weighted by Crippen LogP contribution is -2.36. The Kier molecular flexibility index (Phi) is 6.69. The van der Waals surface area contributed by atoms with Crippen LogP contribution in [0.5, 0.6) is 0 Å². The van der Waals surface area contributed by atoms with Crippen molar-refractivity contribution in [1.29, 1.82) is 0 Å². The van der Waals surface area contributed by atoms with Crippen LogP contribution in [0.2, 0.25) is 0 Å². The Morgan fingerprint density at radius 2 is 1.68 bits per heavy atom. The predicted octanol–water partition coefficient (Wildman–Crippen LogP) is 4.39. The monoisotopic (exact) mass is 397 g/mol. The van der Waals surface area contributed by atoms with Gasteiger partial charge in [-0.25, -0.2) is 4.39 Å².